The molecule has 0 saturated carbocycles. The van der Waals surface area contributed by atoms with Crippen LogP contribution in [0.4, 0.5) is 0 Å². The summed E-state index contributed by atoms with van der Waals surface area (Å²) in [6.07, 6.45) is 1.62. The van der Waals surface area contributed by atoms with Gasteiger partial charge in [-0.1, -0.05) is 31.5 Å². The fraction of sp³-hybridized carbons (Fsp3) is 0.467. The van der Waals surface area contributed by atoms with E-state index in [2.05, 4.69) is 0 Å². The van der Waals surface area contributed by atoms with Gasteiger partial charge in [-0.2, -0.15) is 0 Å². The summed E-state index contributed by atoms with van der Waals surface area (Å²) in [6.45, 7) is 6.36. The van der Waals surface area contributed by atoms with Crippen molar-refractivity contribution in [2.75, 3.05) is 6.61 Å². The first kappa shape index (κ1) is 14.1. The maximum Gasteiger partial charge on any atom is 0.206 e. The highest BCUT2D eigenvalue weighted by atomic mass is 32.2. The summed E-state index contributed by atoms with van der Waals surface area (Å²) in [5.74, 6) is 0.579. The first-order valence-corrected chi connectivity index (χ1v) is 8.09. The van der Waals surface area contributed by atoms with Gasteiger partial charge in [0.1, 0.15) is 5.76 Å². The van der Waals surface area contributed by atoms with Crippen LogP contribution in [-0.2, 0) is 14.6 Å². The van der Waals surface area contributed by atoms with Crippen molar-refractivity contribution in [1.82, 2.24) is 0 Å². The number of hydrogen-bond donors (Lipinski definition) is 0. The predicted molar refractivity (Wildman–Crippen MR) is 75.4 cm³/mol. The highest BCUT2D eigenvalue weighted by Gasteiger charge is 2.29. The van der Waals surface area contributed by atoms with Crippen molar-refractivity contribution in [3.63, 3.8) is 0 Å². The number of allylic oxidation sites excluding steroid dienone is 2. The molecule has 4 heteroatoms. The Morgan fingerprint density at radius 3 is 2.32 bits per heavy atom. The second-order valence-corrected chi connectivity index (χ2v) is 7.13. The van der Waals surface area contributed by atoms with Gasteiger partial charge in [0, 0.05) is 6.42 Å². The zero-order chi connectivity index (χ0) is 14.0. The van der Waals surface area contributed by atoms with E-state index in [1.54, 1.807) is 12.1 Å². The van der Waals surface area contributed by atoms with Crippen LogP contribution in [0.5, 0.6) is 0 Å². The van der Waals surface area contributed by atoms with Crippen LogP contribution < -0.4 is 0 Å². The molecule has 1 aliphatic heterocycles. The van der Waals surface area contributed by atoms with Crippen LogP contribution in [-0.4, -0.2) is 15.0 Å². The average molecular weight is 280 g/mol. The van der Waals surface area contributed by atoms with E-state index in [-0.39, 0.29) is 5.92 Å². The Bertz CT molecular complexity index is 572. The lowest BCUT2D eigenvalue weighted by Crippen LogP contribution is -2.13. The molecular weight excluding hydrogens is 260 g/mol. The van der Waals surface area contributed by atoms with Gasteiger partial charge in [0.15, 0.2) is 0 Å². The normalized spacial score (nSPS) is 18.5. The standard InChI is InChI=1S/C15H20O3S/c1-11(2)15(14-5-4-10-18-14)19(16,17)13-8-6-12(3)7-9-13/h6-9,11H,4-5,10H2,1-3H3/b15-14+. The number of benzene rings is 1. The minimum absolute atomic E-state index is 0.0700. The fourth-order valence-electron chi connectivity index (χ4n) is 2.32. The summed E-state index contributed by atoms with van der Waals surface area (Å²) < 4.78 is 31.0. The van der Waals surface area contributed by atoms with Crippen molar-refractivity contribution in [2.24, 2.45) is 5.92 Å². The van der Waals surface area contributed by atoms with Gasteiger partial charge in [-0.25, -0.2) is 8.42 Å². The van der Waals surface area contributed by atoms with Gasteiger partial charge in [0.25, 0.3) is 0 Å². The Balaban J connectivity index is 2.52. The fourth-order valence-corrected chi connectivity index (χ4v) is 4.15. The Morgan fingerprint density at radius 1 is 1.21 bits per heavy atom. The van der Waals surface area contributed by atoms with E-state index in [0.717, 1.165) is 18.4 Å². The van der Waals surface area contributed by atoms with Crippen molar-refractivity contribution in [1.29, 1.82) is 0 Å². The molecule has 19 heavy (non-hydrogen) atoms. The molecule has 1 fully saturated rings. The van der Waals surface area contributed by atoms with Crippen LogP contribution in [0.1, 0.15) is 32.3 Å². The smallest absolute Gasteiger partial charge is 0.206 e. The monoisotopic (exact) mass is 280 g/mol. The lowest BCUT2D eigenvalue weighted by atomic mass is 10.1. The Kier molecular flexibility index (Phi) is 3.99. The van der Waals surface area contributed by atoms with Gasteiger partial charge >= 0.3 is 0 Å². The highest BCUT2D eigenvalue weighted by molar-refractivity contribution is 7.95. The molecule has 1 aromatic carbocycles. The molecule has 0 aliphatic carbocycles. The molecule has 0 atom stereocenters. The SMILES string of the molecule is Cc1ccc(S(=O)(=O)/C(=C2\CCCO2)C(C)C)cc1. The molecule has 0 N–H and O–H groups in total. The van der Waals surface area contributed by atoms with E-state index in [0.29, 0.717) is 22.2 Å². The lowest BCUT2D eigenvalue weighted by molar-refractivity contribution is 0.259. The molecule has 1 heterocycles. The van der Waals surface area contributed by atoms with Crippen molar-refractivity contribution in [2.45, 2.75) is 38.5 Å². The zero-order valence-electron chi connectivity index (χ0n) is 11.6. The third-order valence-electron chi connectivity index (χ3n) is 3.24. The number of hydrogen-bond acceptors (Lipinski definition) is 3. The molecule has 3 nitrogen and oxygen atoms in total. The van der Waals surface area contributed by atoms with Crippen LogP contribution in [0.15, 0.2) is 39.8 Å². The molecule has 2 rings (SSSR count). The van der Waals surface area contributed by atoms with E-state index in [4.69, 9.17) is 4.74 Å². The second-order valence-electron chi connectivity index (χ2n) is 5.21. The number of ether oxygens (including phenoxy) is 1. The molecule has 1 aromatic rings. The molecule has 1 saturated heterocycles. The topological polar surface area (TPSA) is 43.4 Å². The number of rotatable bonds is 3. The van der Waals surface area contributed by atoms with Gasteiger partial charge in [-0.3, -0.25) is 0 Å². The first-order chi connectivity index (χ1) is 8.93. The Morgan fingerprint density at radius 2 is 1.84 bits per heavy atom. The molecule has 0 radical (unpaired) electrons. The van der Waals surface area contributed by atoms with Crippen molar-refractivity contribution in [3.05, 3.63) is 40.5 Å². The molecule has 0 bridgehead atoms. The third kappa shape index (κ3) is 2.84. The van der Waals surface area contributed by atoms with E-state index < -0.39 is 9.84 Å². The minimum atomic E-state index is -3.45. The second kappa shape index (κ2) is 5.37. The first-order valence-electron chi connectivity index (χ1n) is 6.60. The van der Waals surface area contributed by atoms with Crippen LogP contribution in [0.3, 0.4) is 0 Å². The molecular formula is C15H20O3S. The largest absolute Gasteiger partial charge is 0.497 e. The van der Waals surface area contributed by atoms with Crippen molar-refractivity contribution < 1.29 is 13.2 Å². The number of aryl methyl sites for hydroxylation is 1. The van der Waals surface area contributed by atoms with Gasteiger partial charge in [0.2, 0.25) is 9.84 Å². The zero-order valence-corrected chi connectivity index (χ0v) is 12.5. The Hall–Kier alpha value is -1.29. The van der Waals surface area contributed by atoms with E-state index in [1.165, 1.54) is 0 Å². The highest BCUT2D eigenvalue weighted by Crippen LogP contribution is 2.32. The molecule has 1 aliphatic rings. The van der Waals surface area contributed by atoms with Gasteiger partial charge in [0.05, 0.1) is 16.4 Å². The van der Waals surface area contributed by atoms with Crippen LogP contribution >= 0.6 is 0 Å². The molecule has 0 aromatic heterocycles. The summed E-state index contributed by atoms with van der Waals surface area (Å²) in [4.78, 5) is 0.790. The minimum Gasteiger partial charge on any atom is -0.497 e. The molecule has 104 valence electrons. The maximum atomic E-state index is 12.7. The predicted octanol–water partition coefficient (Wildman–Crippen LogP) is 3.45. The summed E-state index contributed by atoms with van der Waals surface area (Å²) >= 11 is 0. The number of sulfone groups is 1. The molecule has 0 amide bonds. The van der Waals surface area contributed by atoms with E-state index in [9.17, 15) is 8.42 Å². The van der Waals surface area contributed by atoms with Crippen LogP contribution in [0.25, 0.3) is 0 Å². The summed E-state index contributed by atoms with van der Waals surface area (Å²) in [7, 11) is -3.45. The maximum absolute atomic E-state index is 12.7. The van der Waals surface area contributed by atoms with Gasteiger partial charge < -0.3 is 4.74 Å². The van der Waals surface area contributed by atoms with E-state index in [1.807, 2.05) is 32.9 Å². The van der Waals surface area contributed by atoms with Crippen LogP contribution in [0, 0.1) is 12.8 Å². The van der Waals surface area contributed by atoms with Crippen LogP contribution in [0.2, 0.25) is 0 Å². The van der Waals surface area contributed by atoms with Crippen molar-refractivity contribution in [3.8, 4) is 0 Å². The summed E-state index contributed by atoms with van der Waals surface area (Å²) in [5.41, 5.74) is 1.05. The summed E-state index contributed by atoms with van der Waals surface area (Å²) in [5, 5.41) is 0. The van der Waals surface area contributed by atoms with E-state index >= 15 is 0 Å². The third-order valence-corrected chi connectivity index (χ3v) is 5.42. The molecule has 0 unspecified atom stereocenters. The Labute approximate surface area is 115 Å². The lowest BCUT2D eigenvalue weighted by Gasteiger charge is -2.15. The molecule has 0 spiro atoms. The average Bonchev–Trinajstić information content (AvgIpc) is 2.82. The van der Waals surface area contributed by atoms with Crippen molar-refractivity contribution >= 4 is 9.84 Å². The van der Waals surface area contributed by atoms with Gasteiger partial charge in [-0.15, -0.1) is 0 Å². The van der Waals surface area contributed by atoms with Gasteiger partial charge in [-0.05, 0) is 31.4 Å². The quantitative estimate of drug-likeness (QED) is 0.851. The summed E-state index contributed by atoms with van der Waals surface area (Å²) in [6, 6.07) is 6.99.